The third-order valence-corrected chi connectivity index (χ3v) is 11.6. The van der Waals surface area contributed by atoms with E-state index < -0.39 is 23.0 Å². The van der Waals surface area contributed by atoms with E-state index in [4.69, 9.17) is 4.74 Å². The van der Waals surface area contributed by atoms with Crippen molar-refractivity contribution < 1.29 is 23.9 Å². The fraction of sp³-hybridized carbons (Fsp3) is 0.220. The monoisotopic (exact) mass is 749 g/mol. The fourth-order valence-corrected chi connectivity index (χ4v) is 8.93. The maximum absolute atomic E-state index is 14.2. The summed E-state index contributed by atoms with van der Waals surface area (Å²) in [7, 11) is 0. The second-order valence-corrected chi connectivity index (χ2v) is 15.2. The molecule has 0 saturated carbocycles. The van der Waals surface area contributed by atoms with E-state index in [0.717, 1.165) is 65.0 Å². The highest BCUT2D eigenvalue weighted by Crippen LogP contribution is 2.41. The summed E-state index contributed by atoms with van der Waals surface area (Å²) in [5.74, 6) is -1.57. The number of esters is 1. The molecule has 266 valence electrons. The SMILES string of the molecule is CCOC(=O)c1c(NC(=O)C(Sc2cccc(NC(=O)/C(=C/c3ccsc3)NC(=O)c3ccccc3)c2)c2ccccc2)sc2c1CCCCCC2. The average molecular weight is 750 g/mol. The minimum absolute atomic E-state index is 0.0919. The number of ether oxygens (including phenoxy) is 1. The van der Waals surface area contributed by atoms with Crippen LogP contribution < -0.4 is 16.0 Å². The summed E-state index contributed by atoms with van der Waals surface area (Å²) in [6.45, 7) is 2.03. The Morgan fingerprint density at radius 2 is 1.62 bits per heavy atom. The van der Waals surface area contributed by atoms with Gasteiger partial charge < -0.3 is 20.7 Å². The van der Waals surface area contributed by atoms with Gasteiger partial charge in [-0.15, -0.1) is 23.1 Å². The molecule has 2 heterocycles. The lowest BCUT2D eigenvalue weighted by molar-refractivity contribution is -0.116. The lowest BCUT2D eigenvalue weighted by Gasteiger charge is -2.18. The first-order chi connectivity index (χ1) is 25.4. The van der Waals surface area contributed by atoms with Gasteiger partial charge in [0.15, 0.2) is 0 Å². The van der Waals surface area contributed by atoms with E-state index in [1.54, 1.807) is 55.5 Å². The van der Waals surface area contributed by atoms with Crippen LogP contribution in [0.5, 0.6) is 0 Å². The molecule has 52 heavy (non-hydrogen) atoms. The highest BCUT2D eigenvalue weighted by atomic mass is 32.2. The van der Waals surface area contributed by atoms with Crippen LogP contribution >= 0.6 is 34.4 Å². The third kappa shape index (κ3) is 9.47. The van der Waals surface area contributed by atoms with Crippen molar-refractivity contribution in [1.29, 1.82) is 0 Å². The lowest BCUT2D eigenvalue weighted by Crippen LogP contribution is -2.30. The number of anilines is 2. The number of benzene rings is 3. The molecule has 1 aliphatic rings. The molecule has 3 N–H and O–H groups in total. The van der Waals surface area contributed by atoms with Gasteiger partial charge in [0.1, 0.15) is 15.9 Å². The van der Waals surface area contributed by atoms with Crippen molar-refractivity contribution >= 4 is 74.9 Å². The van der Waals surface area contributed by atoms with Gasteiger partial charge in [-0.3, -0.25) is 14.4 Å². The summed E-state index contributed by atoms with van der Waals surface area (Å²) in [5, 5.41) is 12.4. The van der Waals surface area contributed by atoms with Gasteiger partial charge in [0.2, 0.25) is 5.91 Å². The Morgan fingerprint density at radius 1 is 0.865 bits per heavy atom. The lowest BCUT2D eigenvalue weighted by atomic mass is 9.96. The Bertz CT molecular complexity index is 2040. The zero-order valence-corrected chi connectivity index (χ0v) is 31.1. The Kier molecular flexibility index (Phi) is 12.7. The molecule has 1 atom stereocenters. The minimum atomic E-state index is -0.675. The Morgan fingerprint density at radius 3 is 2.35 bits per heavy atom. The highest BCUT2D eigenvalue weighted by Gasteiger charge is 2.29. The van der Waals surface area contributed by atoms with Crippen molar-refractivity contribution in [2.24, 2.45) is 0 Å². The summed E-state index contributed by atoms with van der Waals surface area (Å²) in [6, 6.07) is 27.3. The highest BCUT2D eigenvalue weighted by molar-refractivity contribution is 8.00. The van der Waals surface area contributed by atoms with Gasteiger partial charge in [0, 0.05) is 21.0 Å². The van der Waals surface area contributed by atoms with Crippen molar-refractivity contribution in [3.8, 4) is 0 Å². The second-order valence-electron chi connectivity index (χ2n) is 12.2. The van der Waals surface area contributed by atoms with Crippen LogP contribution in [-0.2, 0) is 27.2 Å². The molecule has 1 unspecified atom stereocenters. The van der Waals surface area contributed by atoms with Crippen molar-refractivity contribution in [2.75, 3.05) is 17.2 Å². The number of amides is 3. The molecule has 0 radical (unpaired) electrons. The van der Waals surface area contributed by atoms with Crippen LogP contribution in [0, 0.1) is 0 Å². The number of fused-ring (bicyclic) bond motifs is 1. The maximum atomic E-state index is 14.2. The quantitative estimate of drug-likeness (QED) is 0.0666. The third-order valence-electron chi connectivity index (χ3n) is 8.46. The standard InChI is InChI=1S/C41H39N3O5S3/c1-2-49-41(48)35-32-20-11-3-4-12-21-34(32)52-40(35)44-39(47)36(28-14-7-5-8-15-28)51-31-19-13-18-30(25-31)42-38(46)33(24-27-22-23-50-26-27)43-37(45)29-16-9-6-10-17-29/h5-10,13-19,22-26,36H,2-4,11-12,20-21H2,1H3,(H,42,46)(H,43,45)(H,44,47)/b33-24-. The number of rotatable bonds is 12. The van der Waals surface area contributed by atoms with E-state index in [1.807, 2.05) is 59.3 Å². The molecule has 1 aliphatic carbocycles. The molecule has 8 nitrogen and oxygen atoms in total. The van der Waals surface area contributed by atoms with E-state index in [1.165, 1.54) is 34.4 Å². The number of carbonyl (C=O) groups excluding carboxylic acids is 4. The smallest absolute Gasteiger partial charge is 0.341 e. The number of hydrogen-bond donors (Lipinski definition) is 3. The van der Waals surface area contributed by atoms with Crippen LogP contribution in [0.25, 0.3) is 6.08 Å². The zero-order chi connectivity index (χ0) is 36.3. The van der Waals surface area contributed by atoms with Gasteiger partial charge in [-0.1, -0.05) is 67.4 Å². The number of hydrogen-bond acceptors (Lipinski definition) is 8. The average Bonchev–Trinajstić information content (AvgIpc) is 3.78. The van der Waals surface area contributed by atoms with Crippen LogP contribution in [0.1, 0.15) is 80.1 Å². The number of nitrogens with one attached hydrogen (secondary N) is 3. The molecular weight excluding hydrogens is 711 g/mol. The number of aryl methyl sites for hydroxylation is 1. The first-order valence-corrected chi connectivity index (χ1v) is 19.9. The minimum Gasteiger partial charge on any atom is -0.462 e. The molecule has 0 fully saturated rings. The molecule has 11 heteroatoms. The molecule has 0 bridgehead atoms. The van der Waals surface area contributed by atoms with Crippen LogP contribution in [0.3, 0.4) is 0 Å². The number of carbonyl (C=O) groups is 4. The summed E-state index contributed by atoms with van der Waals surface area (Å²) in [4.78, 5) is 56.0. The van der Waals surface area contributed by atoms with Crippen LogP contribution in [0.15, 0.2) is 112 Å². The van der Waals surface area contributed by atoms with Gasteiger partial charge in [0.05, 0.1) is 12.2 Å². The van der Waals surface area contributed by atoms with Gasteiger partial charge >= 0.3 is 5.97 Å². The first kappa shape index (κ1) is 36.8. The van der Waals surface area contributed by atoms with Gasteiger partial charge in [0.25, 0.3) is 11.8 Å². The largest absolute Gasteiger partial charge is 0.462 e. The Labute approximate surface area is 315 Å². The van der Waals surface area contributed by atoms with Crippen molar-refractivity contribution in [1.82, 2.24) is 5.32 Å². The van der Waals surface area contributed by atoms with Crippen LogP contribution in [0.4, 0.5) is 10.7 Å². The van der Waals surface area contributed by atoms with Gasteiger partial charge in [-0.25, -0.2) is 4.79 Å². The van der Waals surface area contributed by atoms with Crippen LogP contribution in [-0.4, -0.2) is 30.3 Å². The molecular formula is C41H39N3O5S3. The summed E-state index contributed by atoms with van der Waals surface area (Å²) >= 11 is 4.30. The van der Waals surface area contributed by atoms with E-state index in [2.05, 4.69) is 16.0 Å². The molecule has 6 rings (SSSR count). The summed E-state index contributed by atoms with van der Waals surface area (Å²) in [5.41, 5.74) is 4.06. The molecule has 2 aromatic heterocycles. The second kappa shape index (κ2) is 18.0. The molecule has 0 spiro atoms. The van der Waals surface area contributed by atoms with Crippen LogP contribution in [0.2, 0.25) is 0 Å². The predicted octanol–water partition coefficient (Wildman–Crippen LogP) is 9.53. The van der Waals surface area contributed by atoms with Crippen molar-refractivity contribution in [3.05, 3.63) is 140 Å². The zero-order valence-electron chi connectivity index (χ0n) is 28.7. The normalized spacial score (nSPS) is 13.5. The van der Waals surface area contributed by atoms with Crippen molar-refractivity contribution in [3.63, 3.8) is 0 Å². The van der Waals surface area contributed by atoms with E-state index in [-0.39, 0.29) is 18.2 Å². The predicted molar refractivity (Wildman–Crippen MR) is 211 cm³/mol. The molecule has 3 aromatic carbocycles. The first-order valence-electron chi connectivity index (χ1n) is 17.3. The van der Waals surface area contributed by atoms with E-state index in [9.17, 15) is 19.2 Å². The summed E-state index contributed by atoms with van der Waals surface area (Å²) in [6.07, 6.45) is 7.59. The Hall–Kier alpha value is -4.97. The summed E-state index contributed by atoms with van der Waals surface area (Å²) < 4.78 is 5.47. The molecule has 3 amide bonds. The maximum Gasteiger partial charge on any atom is 0.341 e. The molecule has 0 aliphatic heterocycles. The number of thiophene rings is 2. The topological polar surface area (TPSA) is 114 Å². The van der Waals surface area contributed by atoms with E-state index in [0.29, 0.717) is 21.8 Å². The molecule has 5 aromatic rings. The van der Waals surface area contributed by atoms with Gasteiger partial charge in [-0.05, 0) is 103 Å². The Balaban J connectivity index is 1.24. The molecule has 0 saturated heterocycles. The van der Waals surface area contributed by atoms with Gasteiger partial charge in [-0.2, -0.15) is 11.3 Å². The van der Waals surface area contributed by atoms with E-state index >= 15 is 0 Å². The number of thioether (sulfide) groups is 1. The van der Waals surface area contributed by atoms with Crippen molar-refractivity contribution in [2.45, 2.75) is 55.6 Å². The fourth-order valence-electron chi connectivity index (χ4n) is 5.95.